The molecule has 1 N–H and O–H groups in total. The Morgan fingerprint density at radius 3 is 2.65 bits per heavy atom. The molecule has 4 nitrogen and oxygen atoms in total. The van der Waals surface area contributed by atoms with Gasteiger partial charge >= 0.3 is 0 Å². The van der Waals surface area contributed by atoms with Crippen LogP contribution in [0, 0.1) is 6.92 Å². The topological polar surface area (TPSA) is 47.6 Å². The third kappa shape index (κ3) is 4.31. The molecule has 1 aliphatic heterocycles. The summed E-state index contributed by atoms with van der Waals surface area (Å²) in [6, 6.07) is 12.9. The number of nitrogens with one attached hydrogen (secondary N) is 1. The Hall–Kier alpha value is -2.20. The van der Waals surface area contributed by atoms with Crippen molar-refractivity contribution in [3.8, 4) is 11.5 Å². The van der Waals surface area contributed by atoms with E-state index in [1.165, 1.54) is 0 Å². The van der Waals surface area contributed by atoms with Crippen LogP contribution in [-0.4, -0.2) is 17.6 Å². The molecule has 2 aromatic carbocycles. The van der Waals surface area contributed by atoms with Gasteiger partial charge in [-0.05, 0) is 63.6 Å². The van der Waals surface area contributed by atoms with Crippen LogP contribution in [0.2, 0.25) is 5.02 Å². The molecule has 3 rings (SSSR count). The summed E-state index contributed by atoms with van der Waals surface area (Å²) in [7, 11) is 0. The van der Waals surface area contributed by atoms with E-state index in [4.69, 9.17) is 21.1 Å². The van der Waals surface area contributed by atoms with Gasteiger partial charge < -0.3 is 14.8 Å². The monoisotopic (exact) mass is 373 g/mol. The van der Waals surface area contributed by atoms with E-state index in [1.807, 2.05) is 39.0 Å². The number of hydrogen-bond acceptors (Lipinski definition) is 3. The van der Waals surface area contributed by atoms with Gasteiger partial charge in [0.2, 0.25) is 0 Å². The summed E-state index contributed by atoms with van der Waals surface area (Å²) in [5, 5.41) is 3.74. The minimum atomic E-state index is -0.615. The molecule has 0 radical (unpaired) electrons. The molecule has 0 spiro atoms. The number of halogens is 1. The third-order valence-electron chi connectivity index (χ3n) is 4.44. The minimum absolute atomic E-state index is 0.113. The summed E-state index contributed by atoms with van der Waals surface area (Å²) in [4.78, 5) is 12.7. The van der Waals surface area contributed by atoms with E-state index in [2.05, 4.69) is 5.32 Å². The lowest BCUT2D eigenvalue weighted by atomic mass is 9.89. The van der Waals surface area contributed by atoms with Gasteiger partial charge in [0.1, 0.15) is 17.1 Å². The van der Waals surface area contributed by atoms with Gasteiger partial charge in [-0.2, -0.15) is 0 Å². The van der Waals surface area contributed by atoms with Gasteiger partial charge in [-0.3, -0.25) is 4.79 Å². The number of aryl methyl sites for hydroxylation is 1. The first-order valence-electron chi connectivity index (χ1n) is 8.76. The van der Waals surface area contributed by atoms with Crippen molar-refractivity contribution in [1.29, 1.82) is 0 Å². The van der Waals surface area contributed by atoms with Crippen LogP contribution in [0.1, 0.15) is 44.4 Å². The SMILES string of the molecule is Cc1ccc2c(c1)OC(C)(C)C[C@H]2NC(=O)[C@@H](C)Oc1ccc(Cl)cc1. The normalized spacial score (nSPS) is 19.0. The van der Waals surface area contributed by atoms with E-state index >= 15 is 0 Å². The predicted molar refractivity (Wildman–Crippen MR) is 103 cm³/mol. The van der Waals surface area contributed by atoms with Crippen molar-refractivity contribution in [2.45, 2.75) is 51.9 Å². The summed E-state index contributed by atoms with van der Waals surface area (Å²) in [5.41, 5.74) is 1.78. The molecule has 0 bridgehead atoms. The van der Waals surface area contributed by atoms with Crippen LogP contribution in [0.5, 0.6) is 11.5 Å². The Morgan fingerprint density at radius 1 is 1.27 bits per heavy atom. The van der Waals surface area contributed by atoms with Crippen molar-refractivity contribution >= 4 is 17.5 Å². The maximum absolute atomic E-state index is 12.7. The first-order valence-corrected chi connectivity index (χ1v) is 9.13. The van der Waals surface area contributed by atoms with Crippen LogP contribution in [-0.2, 0) is 4.79 Å². The first kappa shape index (κ1) is 18.6. The highest BCUT2D eigenvalue weighted by Crippen LogP contribution is 2.39. The van der Waals surface area contributed by atoms with Crippen LogP contribution in [0.15, 0.2) is 42.5 Å². The number of benzene rings is 2. The molecule has 1 aliphatic rings. The zero-order valence-corrected chi connectivity index (χ0v) is 16.3. The molecular formula is C21H24ClNO3. The molecule has 1 heterocycles. The Balaban J connectivity index is 1.73. The van der Waals surface area contributed by atoms with Crippen LogP contribution < -0.4 is 14.8 Å². The fourth-order valence-electron chi connectivity index (χ4n) is 3.15. The van der Waals surface area contributed by atoms with Crippen LogP contribution in [0.3, 0.4) is 0 Å². The number of hydrogen-bond donors (Lipinski definition) is 1. The van der Waals surface area contributed by atoms with Crippen molar-refractivity contribution in [3.05, 3.63) is 58.6 Å². The van der Waals surface area contributed by atoms with E-state index in [0.29, 0.717) is 17.2 Å². The lowest BCUT2D eigenvalue weighted by molar-refractivity contribution is -0.128. The van der Waals surface area contributed by atoms with Crippen molar-refractivity contribution in [3.63, 3.8) is 0 Å². The predicted octanol–water partition coefficient (Wildman–Crippen LogP) is 4.83. The van der Waals surface area contributed by atoms with E-state index < -0.39 is 6.10 Å². The first-order chi connectivity index (χ1) is 12.2. The Morgan fingerprint density at radius 2 is 1.96 bits per heavy atom. The van der Waals surface area contributed by atoms with E-state index in [9.17, 15) is 4.79 Å². The Labute approximate surface area is 159 Å². The van der Waals surface area contributed by atoms with Crippen LogP contribution in [0.25, 0.3) is 0 Å². The van der Waals surface area contributed by atoms with Crippen molar-refractivity contribution in [2.24, 2.45) is 0 Å². The molecule has 0 saturated heterocycles. The van der Waals surface area contributed by atoms with Gasteiger partial charge in [0.05, 0.1) is 6.04 Å². The van der Waals surface area contributed by atoms with Crippen LogP contribution >= 0.6 is 11.6 Å². The second-order valence-electron chi connectivity index (χ2n) is 7.38. The van der Waals surface area contributed by atoms with Crippen molar-refractivity contribution in [1.82, 2.24) is 5.32 Å². The van der Waals surface area contributed by atoms with Gasteiger partial charge in [-0.15, -0.1) is 0 Å². The number of fused-ring (bicyclic) bond motifs is 1. The van der Waals surface area contributed by atoms with Gasteiger partial charge in [-0.1, -0.05) is 23.7 Å². The summed E-state index contributed by atoms with van der Waals surface area (Å²) in [5.74, 6) is 1.28. The Bertz CT molecular complexity index is 801. The van der Waals surface area contributed by atoms with Gasteiger partial charge in [0, 0.05) is 17.0 Å². The third-order valence-corrected chi connectivity index (χ3v) is 4.69. The van der Waals surface area contributed by atoms with E-state index in [-0.39, 0.29) is 17.6 Å². The van der Waals surface area contributed by atoms with Crippen molar-refractivity contribution < 1.29 is 14.3 Å². The summed E-state index contributed by atoms with van der Waals surface area (Å²) in [6.45, 7) is 7.83. The van der Waals surface area contributed by atoms with E-state index in [0.717, 1.165) is 16.9 Å². The number of carbonyl (C=O) groups excluding carboxylic acids is 1. The maximum Gasteiger partial charge on any atom is 0.261 e. The molecule has 0 unspecified atom stereocenters. The molecular weight excluding hydrogens is 350 g/mol. The smallest absolute Gasteiger partial charge is 0.261 e. The summed E-state index contributed by atoms with van der Waals surface area (Å²) >= 11 is 5.88. The maximum atomic E-state index is 12.7. The lowest BCUT2D eigenvalue weighted by Gasteiger charge is -2.38. The number of rotatable bonds is 4. The zero-order chi connectivity index (χ0) is 18.9. The molecule has 2 atom stereocenters. The zero-order valence-electron chi connectivity index (χ0n) is 15.5. The number of ether oxygens (including phenoxy) is 2. The second-order valence-corrected chi connectivity index (χ2v) is 7.82. The molecule has 1 amide bonds. The standard InChI is InChI=1S/C21H24ClNO3/c1-13-5-10-17-18(12-21(3,4)26-19(17)11-13)23-20(24)14(2)25-16-8-6-15(22)7-9-16/h5-11,14,18H,12H2,1-4H3,(H,23,24)/t14-,18-/m1/s1. The van der Waals surface area contributed by atoms with Crippen LogP contribution in [0.4, 0.5) is 0 Å². The fraction of sp³-hybridized carbons (Fsp3) is 0.381. The highest BCUT2D eigenvalue weighted by molar-refractivity contribution is 6.30. The number of carbonyl (C=O) groups is 1. The van der Waals surface area contributed by atoms with E-state index in [1.54, 1.807) is 31.2 Å². The molecule has 138 valence electrons. The summed E-state index contributed by atoms with van der Waals surface area (Å²) in [6.07, 6.45) is 0.0821. The molecule has 0 fully saturated rings. The average Bonchev–Trinajstić information content (AvgIpc) is 2.55. The van der Waals surface area contributed by atoms with Gasteiger partial charge in [0.15, 0.2) is 6.10 Å². The minimum Gasteiger partial charge on any atom is -0.487 e. The van der Waals surface area contributed by atoms with Crippen molar-refractivity contribution in [2.75, 3.05) is 0 Å². The number of amides is 1. The Kier molecular flexibility index (Phi) is 5.15. The van der Waals surface area contributed by atoms with Gasteiger partial charge in [0.25, 0.3) is 5.91 Å². The summed E-state index contributed by atoms with van der Waals surface area (Å²) < 4.78 is 11.8. The molecule has 2 aromatic rings. The molecule has 0 aromatic heterocycles. The average molecular weight is 374 g/mol. The highest BCUT2D eigenvalue weighted by Gasteiger charge is 2.35. The van der Waals surface area contributed by atoms with Gasteiger partial charge in [-0.25, -0.2) is 0 Å². The highest BCUT2D eigenvalue weighted by atomic mass is 35.5. The molecule has 26 heavy (non-hydrogen) atoms. The second kappa shape index (κ2) is 7.20. The quantitative estimate of drug-likeness (QED) is 0.834. The lowest BCUT2D eigenvalue weighted by Crippen LogP contribution is -2.44. The fourth-order valence-corrected chi connectivity index (χ4v) is 3.27. The molecule has 0 saturated carbocycles. The molecule has 5 heteroatoms. The largest absolute Gasteiger partial charge is 0.487 e. The molecule has 0 aliphatic carbocycles.